The van der Waals surface area contributed by atoms with E-state index in [2.05, 4.69) is 22.9 Å². The van der Waals surface area contributed by atoms with E-state index < -0.39 is 0 Å². The number of aromatic nitrogens is 2. The molecule has 0 atom stereocenters. The van der Waals surface area contributed by atoms with Crippen LogP contribution in [0.2, 0.25) is 0 Å². The van der Waals surface area contributed by atoms with Crippen LogP contribution >= 0.6 is 0 Å². The van der Waals surface area contributed by atoms with E-state index in [4.69, 9.17) is 9.47 Å². The normalized spacial score (nSPS) is 15.6. The number of fused-ring (bicyclic) bond motifs is 4. The number of nitrogens with zero attached hydrogens (tertiary/aromatic N) is 3. The van der Waals surface area contributed by atoms with Gasteiger partial charge in [-0.3, -0.25) is 9.88 Å². The fourth-order valence-corrected chi connectivity index (χ4v) is 4.49. The zero-order valence-electron chi connectivity index (χ0n) is 16.7. The lowest BCUT2D eigenvalue weighted by molar-refractivity contribution is 0.0322. The van der Waals surface area contributed by atoms with Gasteiger partial charge in [-0.2, -0.15) is 0 Å². The van der Waals surface area contributed by atoms with Gasteiger partial charge in [0.15, 0.2) is 5.82 Å². The Kier molecular flexibility index (Phi) is 4.60. The van der Waals surface area contributed by atoms with Gasteiger partial charge < -0.3 is 14.0 Å². The van der Waals surface area contributed by atoms with Crippen LogP contribution in [0.3, 0.4) is 0 Å². The Hall–Kier alpha value is -2.70. The molecule has 1 aliphatic heterocycles. The van der Waals surface area contributed by atoms with Crippen LogP contribution in [-0.2, 0) is 11.8 Å². The first-order valence-corrected chi connectivity index (χ1v) is 10.0. The van der Waals surface area contributed by atoms with Crippen LogP contribution in [0.5, 0.6) is 5.75 Å². The number of ether oxygens (including phenoxy) is 2. The van der Waals surface area contributed by atoms with Crippen molar-refractivity contribution in [2.75, 3.05) is 39.5 Å². The monoisotopic (exact) mass is 393 g/mol. The predicted octanol–water partition coefficient (Wildman–Crippen LogP) is 4.04. The lowest BCUT2D eigenvalue weighted by Gasteiger charge is -2.26. The Bertz CT molecular complexity index is 1210. The smallest absolute Gasteiger partial charge is 0.151 e. The van der Waals surface area contributed by atoms with Gasteiger partial charge in [-0.05, 0) is 36.1 Å². The SMILES string of the molecule is Cc1c2ccncc2cc2c3cc(OCCN4CCOCC4)cc(F)c3n(C)c12. The Labute approximate surface area is 168 Å². The standard InChI is InChI=1S/C23H24FN3O2/c1-15-18-3-4-25-14-16(18)11-19-20-12-17(13-21(24)23(20)26(2)22(15)19)29-10-7-27-5-8-28-9-6-27/h3-4,11-14H,5-10H2,1-2H3. The van der Waals surface area contributed by atoms with Crippen LogP contribution in [0.25, 0.3) is 32.6 Å². The van der Waals surface area contributed by atoms with Crippen LogP contribution in [0, 0.1) is 12.7 Å². The maximum Gasteiger partial charge on any atom is 0.151 e. The first-order valence-electron chi connectivity index (χ1n) is 10.0. The third-order valence-corrected chi connectivity index (χ3v) is 5.94. The third-order valence-electron chi connectivity index (χ3n) is 5.94. The van der Waals surface area contributed by atoms with Crippen molar-refractivity contribution in [2.45, 2.75) is 6.92 Å². The second-order valence-electron chi connectivity index (χ2n) is 7.66. The van der Waals surface area contributed by atoms with Crippen molar-refractivity contribution >= 4 is 32.6 Å². The molecular formula is C23H24FN3O2. The van der Waals surface area contributed by atoms with Crippen molar-refractivity contribution in [1.29, 1.82) is 0 Å². The summed E-state index contributed by atoms with van der Waals surface area (Å²) in [5.74, 6) is 0.309. The largest absolute Gasteiger partial charge is 0.492 e. The number of hydrogen-bond donors (Lipinski definition) is 0. The summed E-state index contributed by atoms with van der Waals surface area (Å²) in [6.45, 7) is 6.79. The Balaban J connectivity index is 1.55. The highest BCUT2D eigenvalue weighted by molar-refractivity contribution is 6.14. The minimum Gasteiger partial charge on any atom is -0.492 e. The molecule has 4 aromatic rings. The van der Waals surface area contributed by atoms with Crippen LogP contribution < -0.4 is 4.74 Å². The fourth-order valence-electron chi connectivity index (χ4n) is 4.49. The van der Waals surface area contributed by atoms with Gasteiger partial charge in [0.1, 0.15) is 12.4 Å². The average Bonchev–Trinajstić information content (AvgIpc) is 3.01. The molecule has 5 nitrogen and oxygen atoms in total. The molecule has 150 valence electrons. The molecule has 0 amide bonds. The van der Waals surface area contributed by atoms with E-state index in [0.717, 1.165) is 65.5 Å². The van der Waals surface area contributed by atoms with Gasteiger partial charge in [0.05, 0.1) is 24.2 Å². The highest BCUT2D eigenvalue weighted by atomic mass is 19.1. The summed E-state index contributed by atoms with van der Waals surface area (Å²) >= 11 is 0. The second-order valence-corrected chi connectivity index (χ2v) is 7.66. The number of benzene rings is 2. The number of hydrogen-bond acceptors (Lipinski definition) is 4. The van der Waals surface area contributed by atoms with Gasteiger partial charge >= 0.3 is 0 Å². The summed E-state index contributed by atoms with van der Waals surface area (Å²) in [5.41, 5.74) is 2.78. The molecule has 0 aliphatic carbocycles. The van der Waals surface area contributed by atoms with E-state index >= 15 is 4.39 Å². The highest BCUT2D eigenvalue weighted by Gasteiger charge is 2.18. The van der Waals surface area contributed by atoms with Crippen LogP contribution in [0.15, 0.2) is 36.7 Å². The van der Waals surface area contributed by atoms with Crippen molar-refractivity contribution in [1.82, 2.24) is 14.5 Å². The molecule has 2 aromatic heterocycles. The molecule has 0 N–H and O–H groups in total. The van der Waals surface area contributed by atoms with Crippen LogP contribution in [0.1, 0.15) is 5.56 Å². The average molecular weight is 393 g/mol. The minimum atomic E-state index is -0.260. The minimum absolute atomic E-state index is 0.260. The van der Waals surface area contributed by atoms with Gasteiger partial charge in [0, 0.05) is 61.3 Å². The van der Waals surface area contributed by atoms with Crippen molar-refractivity contribution in [3.05, 3.63) is 48.0 Å². The molecule has 0 unspecified atom stereocenters. The molecule has 1 saturated heterocycles. The summed E-state index contributed by atoms with van der Waals surface area (Å²) in [4.78, 5) is 6.55. The van der Waals surface area contributed by atoms with Gasteiger partial charge in [-0.25, -0.2) is 4.39 Å². The molecule has 0 radical (unpaired) electrons. The van der Waals surface area contributed by atoms with Crippen molar-refractivity contribution in [2.24, 2.45) is 7.05 Å². The molecule has 6 heteroatoms. The van der Waals surface area contributed by atoms with Crippen LogP contribution in [-0.4, -0.2) is 53.9 Å². The summed E-state index contributed by atoms with van der Waals surface area (Å²) in [7, 11) is 1.92. The van der Waals surface area contributed by atoms with Gasteiger partial charge in [0.2, 0.25) is 0 Å². The van der Waals surface area contributed by atoms with E-state index in [9.17, 15) is 0 Å². The van der Waals surface area contributed by atoms with Gasteiger partial charge in [-0.1, -0.05) is 0 Å². The molecule has 29 heavy (non-hydrogen) atoms. The Morgan fingerprint density at radius 2 is 1.90 bits per heavy atom. The Morgan fingerprint density at radius 3 is 2.72 bits per heavy atom. The third kappa shape index (κ3) is 3.12. The number of halogens is 1. The zero-order valence-corrected chi connectivity index (χ0v) is 16.7. The number of morpholine rings is 1. The number of rotatable bonds is 4. The summed E-state index contributed by atoms with van der Waals surface area (Å²) in [5, 5.41) is 4.10. The molecule has 3 heterocycles. The molecule has 5 rings (SSSR count). The van der Waals surface area contributed by atoms with Crippen molar-refractivity contribution in [3.8, 4) is 5.75 Å². The first kappa shape index (κ1) is 18.3. The summed E-state index contributed by atoms with van der Waals surface area (Å²) < 4.78 is 28.3. The van der Waals surface area contributed by atoms with E-state index in [1.165, 1.54) is 6.07 Å². The molecule has 1 aliphatic rings. The molecule has 2 aromatic carbocycles. The Morgan fingerprint density at radius 1 is 1.10 bits per heavy atom. The van der Waals surface area contributed by atoms with Gasteiger partial charge in [0.25, 0.3) is 0 Å². The fraction of sp³-hybridized carbons (Fsp3) is 0.348. The van der Waals surface area contributed by atoms with E-state index in [1.807, 2.05) is 29.9 Å². The maximum absolute atomic E-state index is 15.1. The van der Waals surface area contributed by atoms with E-state index in [-0.39, 0.29) is 5.82 Å². The quantitative estimate of drug-likeness (QED) is 0.525. The number of pyridine rings is 1. The number of aryl methyl sites for hydroxylation is 2. The first-order chi connectivity index (χ1) is 14.1. The topological polar surface area (TPSA) is 39.5 Å². The lowest BCUT2D eigenvalue weighted by atomic mass is 10.0. The molecular weight excluding hydrogens is 369 g/mol. The summed E-state index contributed by atoms with van der Waals surface area (Å²) in [6, 6.07) is 7.57. The molecule has 0 bridgehead atoms. The lowest BCUT2D eigenvalue weighted by Crippen LogP contribution is -2.38. The zero-order chi connectivity index (χ0) is 20.0. The van der Waals surface area contributed by atoms with Crippen molar-refractivity contribution < 1.29 is 13.9 Å². The second kappa shape index (κ2) is 7.28. The van der Waals surface area contributed by atoms with Gasteiger partial charge in [-0.15, -0.1) is 0 Å². The molecule has 1 fully saturated rings. The molecule has 0 spiro atoms. The van der Waals surface area contributed by atoms with E-state index in [1.54, 1.807) is 6.20 Å². The van der Waals surface area contributed by atoms with E-state index in [0.29, 0.717) is 17.9 Å². The summed E-state index contributed by atoms with van der Waals surface area (Å²) in [6.07, 6.45) is 3.66. The van der Waals surface area contributed by atoms with Crippen molar-refractivity contribution in [3.63, 3.8) is 0 Å². The predicted molar refractivity (Wildman–Crippen MR) is 113 cm³/mol. The highest BCUT2D eigenvalue weighted by Crippen LogP contribution is 2.37. The van der Waals surface area contributed by atoms with Crippen LogP contribution in [0.4, 0.5) is 4.39 Å². The maximum atomic E-state index is 15.1. The molecule has 0 saturated carbocycles.